The zero-order valence-electron chi connectivity index (χ0n) is 11.8. The first-order valence-electron chi connectivity index (χ1n) is 7.15. The van der Waals surface area contributed by atoms with Crippen molar-refractivity contribution in [3.05, 3.63) is 0 Å². The molecule has 17 heavy (non-hydrogen) atoms. The van der Waals surface area contributed by atoms with Crippen LogP contribution in [0.5, 0.6) is 0 Å². The number of hydrogen-bond donors (Lipinski definition) is 2. The van der Waals surface area contributed by atoms with Gasteiger partial charge in [-0.05, 0) is 38.1 Å². The summed E-state index contributed by atoms with van der Waals surface area (Å²) in [5.41, 5.74) is 0. The van der Waals surface area contributed by atoms with Crippen molar-refractivity contribution in [1.29, 1.82) is 0 Å². The molecule has 0 aromatic rings. The third kappa shape index (κ3) is 7.02. The van der Waals surface area contributed by atoms with Crippen molar-refractivity contribution in [1.82, 2.24) is 10.6 Å². The van der Waals surface area contributed by atoms with Gasteiger partial charge >= 0.3 is 0 Å². The average molecular weight is 242 g/mol. The zero-order chi connectivity index (χ0) is 12.5. The Hall–Kier alpha value is -0.120. The molecule has 1 atom stereocenters. The van der Waals surface area contributed by atoms with Crippen molar-refractivity contribution >= 4 is 0 Å². The molecule has 0 heterocycles. The summed E-state index contributed by atoms with van der Waals surface area (Å²) in [7, 11) is 1.74. The molecule has 3 nitrogen and oxygen atoms in total. The minimum Gasteiger partial charge on any atom is -0.383 e. The Bertz CT molecular complexity index is 179. The molecule has 0 aromatic heterocycles. The van der Waals surface area contributed by atoms with E-state index in [1.165, 1.54) is 32.2 Å². The molecule has 1 fully saturated rings. The molecule has 0 radical (unpaired) electrons. The van der Waals surface area contributed by atoms with Gasteiger partial charge in [-0.25, -0.2) is 0 Å². The molecule has 0 spiro atoms. The van der Waals surface area contributed by atoms with Gasteiger partial charge in [0.1, 0.15) is 0 Å². The molecule has 2 N–H and O–H groups in total. The Morgan fingerprint density at radius 3 is 2.59 bits per heavy atom. The molecule has 0 aliphatic heterocycles. The second kappa shape index (κ2) is 8.90. The van der Waals surface area contributed by atoms with Crippen molar-refractivity contribution in [2.24, 2.45) is 11.8 Å². The summed E-state index contributed by atoms with van der Waals surface area (Å²) in [4.78, 5) is 0. The average Bonchev–Trinajstić information content (AvgIpc) is 2.34. The van der Waals surface area contributed by atoms with E-state index in [4.69, 9.17) is 4.74 Å². The fourth-order valence-electron chi connectivity index (χ4n) is 2.47. The maximum Gasteiger partial charge on any atom is 0.0587 e. The van der Waals surface area contributed by atoms with E-state index in [0.717, 1.165) is 31.5 Å². The van der Waals surface area contributed by atoms with Gasteiger partial charge in [-0.3, -0.25) is 0 Å². The van der Waals surface area contributed by atoms with Crippen LogP contribution in [0.3, 0.4) is 0 Å². The predicted octanol–water partition coefficient (Wildman–Crippen LogP) is 2.03. The Balaban J connectivity index is 1.97. The largest absolute Gasteiger partial charge is 0.383 e. The van der Waals surface area contributed by atoms with Gasteiger partial charge in [-0.1, -0.05) is 19.8 Å². The summed E-state index contributed by atoms with van der Waals surface area (Å²) < 4.78 is 5.01. The highest BCUT2D eigenvalue weighted by molar-refractivity contribution is 4.74. The van der Waals surface area contributed by atoms with E-state index in [9.17, 15) is 0 Å². The molecular formula is C14H30N2O. The molecule has 1 aliphatic carbocycles. The van der Waals surface area contributed by atoms with E-state index >= 15 is 0 Å². The molecule has 102 valence electrons. The van der Waals surface area contributed by atoms with E-state index in [1.807, 2.05) is 0 Å². The molecule has 1 saturated carbocycles. The minimum absolute atomic E-state index is 0.561. The highest BCUT2D eigenvalue weighted by Crippen LogP contribution is 2.27. The lowest BCUT2D eigenvalue weighted by atomic mass is 9.83. The van der Waals surface area contributed by atoms with Crippen molar-refractivity contribution in [3.63, 3.8) is 0 Å². The van der Waals surface area contributed by atoms with Gasteiger partial charge in [0, 0.05) is 26.2 Å². The van der Waals surface area contributed by atoms with E-state index < -0.39 is 0 Å². The molecule has 0 saturated heterocycles. The maximum atomic E-state index is 5.01. The lowest BCUT2D eigenvalue weighted by Crippen LogP contribution is -2.40. The van der Waals surface area contributed by atoms with Gasteiger partial charge in [0.05, 0.1) is 6.61 Å². The zero-order valence-corrected chi connectivity index (χ0v) is 11.8. The third-order valence-corrected chi connectivity index (χ3v) is 3.82. The SMILES string of the molecule is COCCNCC(C)NCC1CCC(C)CC1. The topological polar surface area (TPSA) is 33.3 Å². The van der Waals surface area contributed by atoms with Gasteiger partial charge in [-0.15, -0.1) is 0 Å². The molecule has 0 aromatic carbocycles. The molecular weight excluding hydrogens is 212 g/mol. The number of rotatable bonds is 8. The van der Waals surface area contributed by atoms with Crippen LogP contribution in [0.2, 0.25) is 0 Å². The summed E-state index contributed by atoms with van der Waals surface area (Å²) in [5, 5.41) is 7.03. The van der Waals surface area contributed by atoms with E-state index in [-0.39, 0.29) is 0 Å². The van der Waals surface area contributed by atoms with Gasteiger partial charge < -0.3 is 15.4 Å². The minimum atomic E-state index is 0.561. The van der Waals surface area contributed by atoms with Crippen molar-refractivity contribution in [2.45, 2.75) is 45.6 Å². The van der Waals surface area contributed by atoms with Crippen LogP contribution in [0.25, 0.3) is 0 Å². The monoisotopic (exact) mass is 242 g/mol. The van der Waals surface area contributed by atoms with Gasteiger partial charge in [0.25, 0.3) is 0 Å². The van der Waals surface area contributed by atoms with Crippen LogP contribution in [-0.2, 0) is 4.74 Å². The Kier molecular flexibility index (Phi) is 7.82. The molecule has 0 amide bonds. The predicted molar refractivity (Wildman–Crippen MR) is 73.3 cm³/mol. The number of methoxy groups -OCH3 is 1. The highest BCUT2D eigenvalue weighted by Gasteiger charge is 2.18. The van der Waals surface area contributed by atoms with Gasteiger partial charge in [-0.2, -0.15) is 0 Å². The lowest BCUT2D eigenvalue weighted by Gasteiger charge is -2.27. The maximum absolute atomic E-state index is 5.01. The number of hydrogen-bond acceptors (Lipinski definition) is 3. The van der Waals surface area contributed by atoms with Crippen LogP contribution in [0.15, 0.2) is 0 Å². The van der Waals surface area contributed by atoms with E-state index in [2.05, 4.69) is 24.5 Å². The van der Waals surface area contributed by atoms with Crippen LogP contribution in [0.4, 0.5) is 0 Å². The third-order valence-electron chi connectivity index (χ3n) is 3.82. The molecule has 3 heteroatoms. The fourth-order valence-corrected chi connectivity index (χ4v) is 2.47. The van der Waals surface area contributed by atoms with Crippen LogP contribution in [-0.4, -0.2) is 39.4 Å². The van der Waals surface area contributed by atoms with Crippen LogP contribution < -0.4 is 10.6 Å². The molecule has 1 rings (SSSR count). The second-order valence-electron chi connectivity index (χ2n) is 5.63. The van der Waals surface area contributed by atoms with Crippen LogP contribution in [0, 0.1) is 11.8 Å². The lowest BCUT2D eigenvalue weighted by molar-refractivity contribution is 0.198. The summed E-state index contributed by atoms with van der Waals surface area (Å²) in [5.74, 6) is 1.87. The van der Waals surface area contributed by atoms with Gasteiger partial charge in [0.15, 0.2) is 0 Å². The second-order valence-corrected chi connectivity index (χ2v) is 5.63. The molecule has 0 bridgehead atoms. The fraction of sp³-hybridized carbons (Fsp3) is 1.00. The van der Waals surface area contributed by atoms with E-state index in [0.29, 0.717) is 6.04 Å². The Labute approximate surface area is 107 Å². The first-order chi connectivity index (χ1) is 8.22. The van der Waals surface area contributed by atoms with Crippen molar-refractivity contribution in [3.8, 4) is 0 Å². The number of ether oxygens (including phenoxy) is 1. The first-order valence-corrected chi connectivity index (χ1v) is 7.15. The standard InChI is InChI=1S/C14H30N2O/c1-12-4-6-14(7-5-12)11-16-13(2)10-15-8-9-17-3/h12-16H,4-11H2,1-3H3. The van der Waals surface area contributed by atoms with Gasteiger partial charge in [0.2, 0.25) is 0 Å². The van der Waals surface area contributed by atoms with Crippen molar-refractivity contribution < 1.29 is 4.74 Å². The Morgan fingerprint density at radius 2 is 1.94 bits per heavy atom. The van der Waals surface area contributed by atoms with Crippen LogP contribution in [0.1, 0.15) is 39.5 Å². The summed E-state index contributed by atoms with van der Waals surface area (Å²) in [6.45, 7) is 8.61. The summed E-state index contributed by atoms with van der Waals surface area (Å²) in [6, 6.07) is 0.561. The van der Waals surface area contributed by atoms with E-state index in [1.54, 1.807) is 7.11 Å². The van der Waals surface area contributed by atoms with Crippen molar-refractivity contribution in [2.75, 3.05) is 33.4 Å². The van der Waals surface area contributed by atoms with Crippen LogP contribution >= 0.6 is 0 Å². The summed E-state index contributed by atoms with van der Waals surface area (Å²) >= 11 is 0. The highest BCUT2D eigenvalue weighted by atomic mass is 16.5. The molecule has 1 unspecified atom stereocenters. The quantitative estimate of drug-likeness (QED) is 0.639. The Morgan fingerprint density at radius 1 is 1.24 bits per heavy atom. The molecule has 1 aliphatic rings. The normalized spacial score (nSPS) is 27.0. The summed E-state index contributed by atoms with van der Waals surface area (Å²) in [6.07, 6.45) is 5.68. The first kappa shape index (κ1) is 14.9. The smallest absolute Gasteiger partial charge is 0.0587 e. The number of nitrogens with one attached hydrogen (secondary N) is 2.